The number of phenols is 1. The summed E-state index contributed by atoms with van der Waals surface area (Å²) in [5, 5.41) is 25.9. The summed E-state index contributed by atoms with van der Waals surface area (Å²) in [6.07, 6.45) is 1.81. The number of benzene rings is 1. The minimum absolute atomic E-state index is 0.137. The van der Waals surface area contributed by atoms with Crippen LogP contribution in [0.4, 0.5) is 5.69 Å². The molecule has 0 aliphatic heterocycles. The Morgan fingerprint density at radius 3 is 2.73 bits per heavy atom. The van der Waals surface area contributed by atoms with Crippen molar-refractivity contribution >= 4 is 23.7 Å². The van der Waals surface area contributed by atoms with Crippen molar-refractivity contribution in [2.75, 3.05) is 0 Å². The zero-order chi connectivity index (χ0) is 16.7. The number of nitro groups is 1. The molecular formula is C13H16N4O5. The van der Waals surface area contributed by atoms with Crippen LogP contribution in [-0.2, 0) is 9.59 Å². The summed E-state index contributed by atoms with van der Waals surface area (Å²) in [6, 6.07) is 3.46. The number of nitrogens with one attached hydrogen (secondary N) is 2. The molecule has 22 heavy (non-hydrogen) atoms. The summed E-state index contributed by atoms with van der Waals surface area (Å²) in [7, 11) is 0. The first kappa shape index (κ1) is 17.1. The SMILES string of the molecule is CC[C@@H](C)NC(=O)C(=O)N/N=C/c1ccc(O)c([N+](=O)[O-])c1. The average molecular weight is 308 g/mol. The summed E-state index contributed by atoms with van der Waals surface area (Å²) in [5.74, 6) is -2.23. The third-order valence-corrected chi connectivity index (χ3v) is 2.77. The zero-order valence-corrected chi connectivity index (χ0v) is 12.1. The van der Waals surface area contributed by atoms with E-state index in [1.807, 2.05) is 12.3 Å². The number of phenolic OH excluding ortho intramolecular Hbond substituents is 1. The Bertz CT molecular complexity index is 614. The topological polar surface area (TPSA) is 134 Å². The number of hydrogen-bond donors (Lipinski definition) is 3. The minimum atomic E-state index is -0.940. The molecule has 0 aromatic heterocycles. The van der Waals surface area contributed by atoms with Crippen molar-refractivity contribution in [2.45, 2.75) is 26.3 Å². The highest BCUT2D eigenvalue weighted by molar-refractivity contribution is 6.35. The number of hydrazone groups is 1. The van der Waals surface area contributed by atoms with Gasteiger partial charge in [-0.3, -0.25) is 19.7 Å². The molecule has 0 fully saturated rings. The predicted molar refractivity (Wildman–Crippen MR) is 78.4 cm³/mol. The molecule has 1 atom stereocenters. The average Bonchev–Trinajstić information content (AvgIpc) is 2.48. The van der Waals surface area contributed by atoms with E-state index >= 15 is 0 Å². The van der Waals surface area contributed by atoms with Crippen LogP contribution in [0.25, 0.3) is 0 Å². The third kappa shape index (κ3) is 4.85. The van der Waals surface area contributed by atoms with Gasteiger partial charge in [0, 0.05) is 17.7 Å². The van der Waals surface area contributed by atoms with Gasteiger partial charge in [-0.15, -0.1) is 0 Å². The fourth-order valence-electron chi connectivity index (χ4n) is 1.37. The van der Waals surface area contributed by atoms with Crippen molar-refractivity contribution in [1.29, 1.82) is 0 Å². The maximum atomic E-state index is 11.4. The third-order valence-electron chi connectivity index (χ3n) is 2.77. The Balaban J connectivity index is 2.66. The van der Waals surface area contributed by atoms with E-state index in [1.165, 1.54) is 6.07 Å². The van der Waals surface area contributed by atoms with E-state index in [4.69, 9.17) is 0 Å². The van der Waals surface area contributed by atoms with E-state index in [-0.39, 0.29) is 11.6 Å². The molecule has 9 heteroatoms. The Morgan fingerprint density at radius 1 is 1.45 bits per heavy atom. The maximum absolute atomic E-state index is 11.4. The first-order valence-electron chi connectivity index (χ1n) is 6.46. The number of aromatic hydroxyl groups is 1. The molecule has 118 valence electrons. The number of carbonyl (C=O) groups excluding carboxylic acids is 2. The first-order chi connectivity index (χ1) is 10.3. The second-order valence-electron chi connectivity index (χ2n) is 4.49. The van der Waals surface area contributed by atoms with Crippen molar-refractivity contribution in [3.63, 3.8) is 0 Å². The second kappa shape index (κ2) is 7.72. The standard InChI is InChI=1S/C13H16N4O5/c1-3-8(2)15-12(19)13(20)16-14-7-9-4-5-11(18)10(6-9)17(21)22/h4-8,18H,3H2,1-2H3,(H,15,19)(H,16,20)/b14-7+/t8-/m1/s1. The second-order valence-corrected chi connectivity index (χ2v) is 4.49. The Labute approximate surface area is 126 Å². The van der Waals surface area contributed by atoms with E-state index in [9.17, 15) is 24.8 Å². The van der Waals surface area contributed by atoms with Crippen LogP contribution in [-0.4, -0.2) is 34.1 Å². The lowest BCUT2D eigenvalue weighted by molar-refractivity contribution is -0.385. The van der Waals surface area contributed by atoms with Gasteiger partial charge in [-0.2, -0.15) is 5.10 Å². The lowest BCUT2D eigenvalue weighted by atomic mass is 10.2. The maximum Gasteiger partial charge on any atom is 0.329 e. The lowest BCUT2D eigenvalue weighted by Crippen LogP contribution is -2.41. The first-order valence-corrected chi connectivity index (χ1v) is 6.46. The molecule has 9 nitrogen and oxygen atoms in total. The lowest BCUT2D eigenvalue weighted by Gasteiger charge is -2.09. The minimum Gasteiger partial charge on any atom is -0.502 e. The summed E-state index contributed by atoms with van der Waals surface area (Å²) >= 11 is 0. The van der Waals surface area contributed by atoms with Gasteiger partial charge in [0.15, 0.2) is 5.75 Å². The highest BCUT2D eigenvalue weighted by Gasteiger charge is 2.15. The van der Waals surface area contributed by atoms with Gasteiger partial charge < -0.3 is 10.4 Å². The van der Waals surface area contributed by atoms with Crippen LogP contribution in [0.3, 0.4) is 0 Å². The van der Waals surface area contributed by atoms with Gasteiger partial charge in [0.2, 0.25) is 0 Å². The molecule has 1 aromatic carbocycles. The van der Waals surface area contributed by atoms with E-state index in [2.05, 4.69) is 10.4 Å². The van der Waals surface area contributed by atoms with Crippen molar-refractivity contribution in [3.05, 3.63) is 33.9 Å². The van der Waals surface area contributed by atoms with Crippen LogP contribution < -0.4 is 10.7 Å². The Kier molecular flexibility index (Phi) is 5.99. The van der Waals surface area contributed by atoms with Crippen LogP contribution in [0.2, 0.25) is 0 Å². The highest BCUT2D eigenvalue weighted by atomic mass is 16.6. The Morgan fingerprint density at radius 2 is 2.14 bits per heavy atom. The van der Waals surface area contributed by atoms with Crippen LogP contribution in [0.5, 0.6) is 5.75 Å². The molecule has 1 rings (SSSR count). The molecule has 0 aliphatic rings. The van der Waals surface area contributed by atoms with Crippen LogP contribution in [0, 0.1) is 10.1 Å². The largest absolute Gasteiger partial charge is 0.502 e. The smallest absolute Gasteiger partial charge is 0.329 e. The van der Waals surface area contributed by atoms with Crippen molar-refractivity contribution in [1.82, 2.24) is 10.7 Å². The fourth-order valence-corrected chi connectivity index (χ4v) is 1.37. The van der Waals surface area contributed by atoms with E-state index in [0.29, 0.717) is 6.42 Å². The summed E-state index contributed by atoms with van der Waals surface area (Å²) in [4.78, 5) is 32.8. The van der Waals surface area contributed by atoms with Crippen molar-refractivity contribution in [2.24, 2.45) is 5.10 Å². The quantitative estimate of drug-likeness (QED) is 0.318. The molecular weight excluding hydrogens is 292 g/mol. The molecule has 0 saturated carbocycles. The molecule has 0 unspecified atom stereocenters. The number of rotatable bonds is 5. The highest BCUT2D eigenvalue weighted by Crippen LogP contribution is 2.25. The summed E-state index contributed by atoms with van der Waals surface area (Å²) in [6.45, 7) is 3.61. The normalized spacial score (nSPS) is 11.9. The number of carbonyl (C=O) groups is 2. The van der Waals surface area contributed by atoms with E-state index in [1.54, 1.807) is 6.92 Å². The number of hydrogen-bond acceptors (Lipinski definition) is 6. The van der Waals surface area contributed by atoms with E-state index in [0.717, 1.165) is 18.3 Å². The molecule has 0 heterocycles. The molecule has 1 aromatic rings. The fraction of sp³-hybridized carbons (Fsp3) is 0.308. The van der Waals surface area contributed by atoms with Crippen molar-refractivity contribution < 1.29 is 19.6 Å². The summed E-state index contributed by atoms with van der Waals surface area (Å²) in [5.41, 5.74) is 1.81. The van der Waals surface area contributed by atoms with E-state index < -0.39 is 28.2 Å². The predicted octanol–water partition coefficient (Wildman–Crippen LogP) is 0.665. The van der Waals surface area contributed by atoms with Gasteiger partial charge in [0.1, 0.15) is 0 Å². The van der Waals surface area contributed by atoms with Gasteiger partial charge in [0.25, 0.3) is 0 Å². The number of amides is 2. The van der Waals surface area contributed by atoms with Crippen LogP contribution in [0.15, 0.2) is 23.3 Å². The molecule has 0 aliphatic carbocycles. The molecule has 0 spiro atoms. The van der Waals surface area contributed by atoms with Crippen LogP contribution in [0.1, 0.15) is 25.8 Å². The molecule has 0 bridgehead atoms. The van der Waals surface area contributed by atoms with Gasteiger partial charge in [0.05, 0.1) is 11.1 Å². The van der Waals surface area contributed by atoms with Gasteiger partial charge in [-0.25, -0.2) is 5.43 Å². The molecule has 3 N–H and O–H groups in total. The Hall–Kier alpha value is -2.97. The number of nitrogens with zero attached hydrogens (tertiary/aromatic N) is 2. The monoisotopic (exact) mass is 308 g/mol. The van der Waals surface area contributed by atoms with Gasteiger partial charge in [-0.1, -0.05) is 6.92 Å². The molecule has 0 radical (unpaired) electrons. The number of nitro benzene ring substituents is 1. The zero-order valence-electron chi connectivity index (χ0n) is 12.1. The molecule has 2 amide bonds. The van der Waals surface area contributed by atoms with Crippen LogP contribution >= 0.6 is 0 Å². The molecule has 0 saturated heterocycles. The van der Waals surface area contributed by atoms with Gasteiger partial charge in [-0.05, 0) is 25.5 Å². The summed E-state index contributed by atoms with van der Waals surface area (Å²) < 4.78 is 0. The van der Waals surface area contributed by atoms with Crippen molar-refractivity contribution in [3.8, 4) is 5.75 Å². The van der Waals surface area contributed by atoms with Gasteiger partial charge >= 0.3 is 17.5 Å².